The molecule has 0 N–H and O–H groups in total. The lowest BCUT2D eigenvalue weighted by molar-refractivity contribution is 0.0544. The molecule has 3 nitrogen and oxygen atoms in total. The van der Waals surface area contributed by atoms with Gasteiger partial charge in [0.25, 0.3) is 0 Å². The van der Waals surface area contributed by atoms with Gasteiger partial charge in [0, 0.05) is 37.2 Å². The maximum absolute atomic E-state index is 6.15. The van der Waals surface area contributed by atoms with Crippen molar-refractivity contribution in [3.8, 4) is 0 Å². The molecule has 1 aromatic heterocycles. The fourth-order valence-corrected chi connectivity index (χ4v) is 6.20. The Morgan fingerprint density at radius 1 is 1.04 bits per heavy atom. The lowest BCUT2D eigenvalue weighted by atomic mass is 9.94. The molecule has 0 unspecified atom stereocenters. The zero-order valence-electron chi connectivity index (χ0n) is 15.9. The predicted molar refractivity (Wildman–Crippen MR) is 110 cm³/mol. The Morgan fingerprint density at radius 3 is 2.50 bits per heavy atom. The molecule has 2 saturated heterocycles. The van der Waals surface area contributed by atoms with E-state index in [1.807, 2.05) is 6.07 Å². The molecular weight excluding hydrogens is 364 g/mol. The molecule has 1 aliphatic carbocycles. The lowest BCUT2D eigenvalue weighted by Crippen LogP contribution is -2.43. The van der Waals surface area contributed by atoms with Crippen LogP contribution < -0.4 is 0 Å². The first-order valence-electron chi connectivity index (χ1n) is 10.6. The van der Waals surface area contributed by atoms with Crippen molar-refractivity contribution in [3.63, 3.8) is 0 Å². The summed E-state index contributed by atoms with van der Waals surface area (Å²) in [5.74, 6) is 0.837. The van der Waals surface area contributed by atoms with E-state index < -0.39 is 0 Å². The van der Waals surface area contributed by atoms with E-state index in [1.54, 1.807) is 11.3 Å². The van der Waals surface area contributed by atoms with Crippen LogP contribution in [0.2, 0.25) is 4.34 Å². The summed E-state index contributed by atoms with van der Waals surface area (Å²) in [4.78, 5) is 6.82. The van der Waals surface area contributed by atoms with Gasteiger partial charge in [-0.1, -0.05) is 24.4 Å². The van der Waals surface area contributed by atoms with E-state index in [-0.39, 0.29) is 0 Å². The molecule has 1 aromatic rings. The molecule has 0 radical (unpaired) electrons. The minimum absolute atomic E-state index is 0.434. The molecule has 0 amide bonds. The summed E-state index contributed by atoms with van der Waals surface area (Å²) in [5, 5.41) is 0. The second-order valence-electron chi connectivity index (χ2n) is 8.45. The van der Waals surface area contributed by atoms with Crippen molar-refractivity contribution in [3.05, 3.63) is 21.3 Å². The number of likely N-dealkylation sites (tertiary alicyclic amines) is 1. The SMILES string of the molecule is Clc1ccc(CN(CC2CCN(C3CCCC3)CC2)C[C@@H]2CCCO2)s1. The molecule has 3 fully saturated rings. The standard InChI is InChI=1S/C21H33ClN2OS/c22-21-8-7-20(26-21)16-23(15-19-6-3-13-25-19)14-17-9-11-24(12-10-17)18-4-1-2-5-18/h7-8,17-19H,1-6,9-16H2/t19-/m0/s1. The second-order valence-corrected chi connectivity index (χ2v) is 10.3. The summed E-state index contributed by atoms with van der Waals surface area (Å²) in [6.07, 6.45) is 11.4. The first-order chi connectivity index (χ1) is 12.8. The van der Waals surface area contributed by atoms with Crippen LogP contribution in [0, 0.1) is 5.92 Å². The summed E-state index contributed by atoms with van der Waals surface area (Å²) in [5.41, 5.74) is 0. The molecule has 0 aromatic carbocycles. The number of nitrogens with zero attached hydrogens (tertiary/aromatic N) is 2. The summed E-state index contributed by atoms with van der Waals surface area (Å²) in [7, 11) is 0. The number of halogens is 1. The number of piperidine rings is 1. The van der Waals surface area contributed by atoms with Crippen LogP contribution in [0.15, 0.2) is 12.1 Å². The Labute approximate surface area is 167 Å². The Kier molecular flexibility index (Phi) is 6.93. The first kappa shape index (κ1) is 19.2. The smallest absolute Gasteiger partial charge is 0.0931 e. The predicted octanol–water partition coefficient (Wildman–Crippen LogP) is 5.04. The van der Waals surface area contributed by atoms with E-state index in [0.717, 1.165) is 36.0 Å². The monoisotopic (exact) mass is 396 g/mol. The van der Waals surface area contributed by atoms with Gasteiger partial charge in [-0.25, -0.2) is 0 Å². The zero-order valence-corrected chi connectivity index (χ0v) is 17.4. The van der Waals surface area contributed by atoms with E-state index in [9.17, 15) is 0 Å². The van der Waals surface area contributed by atoms with E-state index in [2.05, 4.69) is 15.9 Å². The van der Waals surface area contributed by atoms with Crippen LogP contribution in [-0.4, -0.2) is 54.7 Å². The number of hydrogen-bond acceptors (Lipinski definition) is 4. The Morgan fingerprint density at radius 2 is 1.85 bits per heavy atom. The highest BCUT2D eigenvalue weighted by Gasteiger charge is 2.29. The summed E-state index contributed by atoms with van der Waals surface area (Å²) < 4.78 is 6.83. The average Bonchev–Trinajstić information content (AvgIpc) is 3.39. The van der Waals surface area contributed by atoms with Crippen molar-refractivity contribution >= 4 is 22.9 Å². The van der Waals surface area contributed by atoms with Gasteiger partial charge in [-0.3, -0.25) is 4.90 Å². The summed E-state index contributed by atoms with van der Waals surface area (Å²) in [6, 6.07) is 5.12. The van der Waals surface area contributed by atoms with Gasteiger partial charge in [-0.05, 0) is 69.7 Å². The van der Waals surface area contributed by atoms with Crippen molar-refractivity contribution in [1.82, 2.24) is 9.80 Å². The highest BCUT2D eigenvalue weighted by atomic mass is 35.5. The minimum Gasteiger partial charge on any atom is -0.377 e. The van der Waals surface area contributed by atoms with Gasteiger partial charge in [-0.2, -0.15) is 0 Å². The van der Waals surface area contributed by atoms with Crippen LogP contribution in [0.3, 0.4) is 0 Å². The summed E-state index contributed by atoms with van der Waals surface area (Å²) >= 11 is 7.88. The van der Waals surface area contributed by atoms with Crippen LogP contribution in [0.1, 0.15) is 56.2 Å². The third-order valence-corrected chi connectivity index (χ3v) is 7.72. The van der Waals surface area contributed by atoms with Gasteiger partial charge in [0.05, 0.1) is 10.4 Å². The molecule has 0 spiro atoms. The minimum atomic E-state index is 0.434. The third-order valence-electron chi connectivity index (χ3n) is 6.50. The summed E-state index contributed by atoms with van der Waals surface area (Å²) in [6.45, 7) is 6.90. The normalized spacial score (nSPS) is 26.3. The molecule has 26 heavy (non-hydrogen) atoms. The fourth-order valence-electron chi connectivity index (χ4n) is 5.07. The number of ether oxygens (including phenoxy) is 1. The molecule has 3 heterocycles. The van der Waals surface area contributed by atoms with Crippen molar-refractivity contribution in [2.45, 2.75) is 70.1 Å². The van der Waals surface area contributed by atoms with E-state index in [1.165, 1.54) is 75.9 Å². The maximum atomic E-state index is 6.15. The van der Waals surface area contributed by atoms with Crippen molar-refractivity contribution in [2.75, 3.05) is 32.8 Å². The fraction of sp³-hybridized carbons (Fsp3) is 0.810. The highest BCUT2D eigenvalue weighted by Crippen LogP contribution is 2.29. The van der Waals surface area contributed by atoms with Gasteiger partial charge in [-0.15, -0.1) is 11.3 Å². The van der Waals surface area contributed by atoms with Crippen molar-refractivity contribution in [2.24, 2.45) is 5.92 Å². The van der Waals surface area contributed by atoms with Crippen LogP contribution in [0.5, 0.6) is 0 Å². The molecule has 3 aliphatic rings. The van der Waals surface area contributed by atoms with E-state index >= 15 is 0 Å². The largest absolute Gasteiger partial charge is 0.377 e. The Hall–Kier alpha value is -0.130. The second kappa shape index (κ2) is 9.38. The highest BCUT2D eigenvalue weighted by molar-refractivity contribution is 7.16. The van der Waals surface area contributed by atoms with Crippen LogP contribution in [0.25, 0.3) is 0 Å². The number of hydrogen-bond donors (Lipinski definition) is 0. The first-order valence-corrected chi connectivity index (χ1v) is 11.8. The molecule has 2 aliphatic heterocycles. The quantitative estimate of drug-likeness (QED) is 0.642. The van der Waals surface area contributed by atoms with Gasteiger partial charge in [0.1, 0.15) is 0 Å². The molecule has 1 atom stereocenters. The zero-order chi connectivity index (χ0) is 17.8. The Balaban J connectivity index is 1.30. The molecule has 0 bridgehead atoms. The maximum Gasteiger partial charge on any atom is 0.0931 e. The van der Waals surface area contributed by atoms with Crippen LogP contribution >= 0.6 is 22.9 Å². The van der Waals surface area contributed by atoms with E-state index in [4.69, 9.17) is 16.3 Å². The van der Waals surface area contributed by atoms with Crippen LogP contribution in [-0.2, 0) is 11.3 Å². The topological polar surface area (TPSA) is 15.7 Å². The molecule has 5 heteroatoms. The Bertz CT molecular complexity index is 546. The van der Waals surface area contributed by atoms with Gasteiger partial charge >= 0.3 is 0 Å². The van der Waals surface area contributed by atoms with Gasteiger partial charge in [0.15, 0.2) is 0 Å². The van der Waals surface area contributed by atoms with Gasteiger partial charge in [0.2, 0.25) is 0 Å². The molecule has 4 rings (SSSR count). The van der Waals surface area contributed by atoms with Crippen molar-refractivity contribution < 1.29 is 4.74 Å². The van der Waals surface area contributed by atoms with Gasteiger partial charge < -0.3 is 9.64 Å². The third kappa shape index (κ3) is 5.23. The van der Waals surface area contributed by atoms with E-state index in [0.29, 0.717) is 6.10 Å². The molecular formula is C21H33ClN2OS. The number of thiophene rings is 1. The average molecular weight is 397 g/mol. The molecule has 146 valence electrons. The number of rotatable bonds is 7. The molecule has 1 saturated carbocycles. The van der Waals surface area contributed by atoms with Crippen LogP contribution in [0.4, 0.5) is 0 Å². The van der Waals surface area contributed by atoms with Crippen molar-refractivity contribution in [1.29, 1.82) is 0 Å². The lowest BCUT2D eigenvalue weighted by Gasteiger charge is -2.38.